The van der Waals surface area contributed by atoms with Gasteiger partial charge in [-0.3, -0.25) is 4.57 Å². The van der Waals surface area contributed by atoms with Crippen molar-refractivity contribution < 1.29 is 18.1 Å². The van der Waals surface area contributed by atoms with Crippen LogP contribution in [-0.2, 0) is 0 Å². The molecule has 0 saturated carbocycles. The first-order valence-electron chi connectivity index (χ1n) is 19.1. The lowest BCUT2D eigenvalue weighted by Gasteiger charge is -2.11. The lowest BCUT2D eigenvalue weighted by molar-refractivity contribution is 0.669. The first-order chi connectivity index (χ1) is 26.5. The molecule has 0 amide bonds. The van der Waals surface area contributed by atoms with E-state index in [9.17, 15) is 5.48 Å². The molecule has 0 spiro atoms. The van der Waals surface area contributed by atoms with Gasteiger partial charge in [-0.1, -0.05) is 96.9 Å². The monoisotopic (exact) mass is 604 g/mol. The second-order valence-electron chi connectivity index (χ2n) is 10.5. The van der Waals surface area contributed by atoms with E-state index in [4.69, 9.17) is 27.6 Å². The van der Waals surface area contributed by atoms with Gasteiger partial charge < -0.3 is 4.42 Å². The minimum Gasteiger partial charge on any atom is -0.456 e. The average molecular weight is 605 g/mol. The molecule has 0 unspecified atom stereocenters. The first kappa shape index (κ1) is 16.9. The zero-order chi connectivity index (χ0) is 38.2. The van der Waals surface area contributed by atoms with Crippen LogP contribution >= 0.6 is 11.3 Å². The van der Waals surface area contributed by atoms with Gasteiger partial charge >= 0.3 is 0 Å². The number of hydrogen-bond acceptors (Lipinski definition) is 5. The molecule has 10 rings (SSSR count). The summed E-state index contributed by atoms with van der Waals surface area (Å²) in [5.74, 6) is 0.355. The summed E-state index contributed by atoms with van der Waals surface area (Å²) in [6, 6.07) is 18.0. The number of nitrogens with zero attached hydrogens (tertiary/aromatic N) is 4. The Morgan fingerprint density at radius 3 is 2.27 bits per heavy atom. The lowest BCUT2D eigenvalue weighted by atomic mass is 10.1. The maximum atomic E-state index is 9.45. The summed E-state index contributed by atoms with van der Waals surface area (Å²) in [5.41, 5.74) is 2.39. The minimum atomic E-state index is -0.542. The number of aromatic nitrogens is 4. The Kier molecular flexibility index (Phi) is 3.49. The van der Waals surface area contributed by atoms with Crippen molar-refractivity contribution in [3.8, 4) is 28.7 Å². The summed E-state index contributed by atoms with van der Waals surface area (Å²) in [6.45, 7) is 0. The van der Waals surface area contributed by atoms with Gasteiger partial charge in [0.05, 0.1) is 24.7 Å². The van der Waals surface area contributed by atoms with Crippen LogP contribution in [0, 0.1) is 0 Å². The van der Waals surface area contributed by atoms with Crippen LogP contribution in [-0.4, -0.2) is 19.5 Å². The third-order valence-electron chi connectivity index (χ3n) is 7.98. The molecule has 0 saturated heterocycles. The minimum absolute atomic E-state index is 0.00207. The van der Waals surface area contributed by atoms with Crippen LogP contribution in [0.4, 0.5) is 0 Å². The molecule has 0 aliphatic heterocycles. The molecule has 10 aromatic rings. The van der Waals surface area contributed by atoms with Gasteiger partial charge in [-0.05, 0) is 36.3 Å². The van der Waals surface area contributed by atoms with Crippen molar-refractivity contribution >= 4 is 75.3 Å². The number of para-hydroxylation sites is 2. The summed E-state index contributed by atoms with van der Waals surface area (Å²) in [4.78, 5) is 14.8. The third kappa shape index (κ3) is 3.57. The third-order valence-corrected chi connectivity index (χ3v) is 9.00. The van der Waals surface area contributed by atoms with Gasteiger partial charge in [0.25, 0.3) is 0 Å². The molecule has 4 aromatic heterocycles. The molecule has 4 heterocycles. The number of fused-ring (bicyclic) bond motifs is 10. The van der Waals surface area contributed by atoms with E-state index in [0.717, 1.165) is 22.1 Å². The molecule has 45 heavy (non-hydrogen) atoms. The predicted molar refractivity (Wildman–Crippen MR) is 185 cm³/mol. The molecule has 0 atom stereocenters. The number of hydrogen-bond donors (Lipinski definition) is 0. The molecular weight excluding hydrogens is 573 g/mol. The van der Waals surface area contributed by atoms with Crippen LogP contribution in [0.25, 0.3) is 92.6 Å². The summed E-state index contributed by atoms with van der Waals surface area (Å²) in [5, 5.41) is 1.97. The Labute approximate surface area is 274 Å². The molecule has 0 aliphatic carbocycles. The standard InChI is InChI=1S/C39H22N4OS/c1-2-11-23(12-3-1)37-40-38(27-16-10-19-31-34(27)25-14-5-8-18-30(25)44-31)42-39(41-37)43-28-17-7-4-13-24(28)35-29(43)21-22-33-36(35)26-15-6-9-20-32(26)45-33/h1-22H/i4D,6D,7D,9D,13D,15D,17D,20D,21D,22D. The molecule has 0 bridgehead atoms. The SMILES string of the molecule is [2H]c1c([2H])c([2H])c2c(sc3c([2H])c([2H])c4c(c5c([2H])c([2H])c([2H])c([2H])c5n4-c4nc(-c5ccccc5)nc(-c5cccc6oc7ccccc7c56)n4)c32)c1[2H]. The first-order valence-corrected chi connectivity index (χ1v) is 14.9. The van der Waals surface area contributed by atoms with Crippen molar-refractivity contribution in [2.75, 3.05) is 0 Å². The summed E-state index contributed by atoms with van der Waals surface area (Å²) in [6.07, 6.45) is 0. The van der Waals surface area contributed by atoms with Gasteiger partial charge in [0.15, 0.2) is 11.6 Å². The number of benzene rings is 6. The van der Waals surface area contributed by atoms with E-state index in [-0.39, 0.29) is 83.7 Å². The molecule has 6 heteroatoms. The Morgan fingerprint density at radius 2 is 1.33 bits per heavy atom. The van der Waals surface area contributed by atoms with Crippen LogP contribution in [0.1, 0.15) is 13.7 Å². The van der Waals surface area contributed by atoms with E-state index < -0.39 is 36.3 Å². The molecule has 0 radical (unpaired) electrons. The topological polar surface area (TPSA) is 56.7 Å². The number of furan rings is 1. The Hall–Kier alpha value is -5.85. The average Bonchev–Trinajstić information content (AvgIpc) is 3.90. The highest BCUT2D eigenvalue weighted by atomic mass is 32.1. The van der Waals surface area contributed by atoms with Gasteiger partial charge in [0, 0.05) is 52.8 Å². The molecule has 0 fully saturated rings. The molecular formula is C39H22N4OS. The Morgan fingerprint density at radius 1 is 0.556 bits per heavy atom. The van der Waals surface area contributed by atoms with E-state index in [1.807, 2.05) is 72.8 Å². The van der Waals surface area contributed by atoms with Crippen LogP contribution in [0.2, 0.25) is 0 Å². The van der Waals surface area contributed by atoms with Crippen molar-refractivity contribution in [2.24, 2.45) is 0 Å². The van der Waals surface area contributed by atoms with Crippen molar-refractivity contribution in [2.45, 2.75) is 0 Å². The van der Waals surface area contributed by atoms with Crippen LogP contribution in [0.3, 0.4) is 0 Å². The Bertz CT molecular complexity index is 3340. The fraction of sp³-hybridized carbons (Fsp3) is 0. The van der Waals surface area contributed by atoms with Crippen molar-refractivity contribution in [1.29, 1.82) is 0 Å². The van der Waals surface area contributed by atoms with Crippen LogP contribution in [0.5, 0.6) is 0 Å². The fourth-order valence-corrected chi connectivity index (χ4v) is 7.05. The van der Waals surface area contributed by atoms with Crippen LogP contribution in [0.15, 0.2) is 138 Å². The molecule has 0 aliphatic rings. The second kappa shape index (κ2) is 9.32. The molecule has 0 N–H and O–H groups in total. The van der Waals surface area contributed by atoms with E-state index >= 15 is 0 Å². The van der Waals surface area contributed by atoms with Crippen molar-refractivity contribution in [3.63, 3.8) is 0 Å². The zero-order valence-corrected chi connectivity index (χ0v) is 23.9. The van der Waals surface area contributed by atoms with Gasteiger partial charge in [0.1, 0.15) is 11.2 Å². The lowest BCUT2D eigenvalue weighted by Crippen LogP contribution is -2.06. The van der Waals surface area contributed by atoms with Gasteiger partial charge in [-0.2, -0.15) is 9.97 Å². The highest BCUT2D eigenvalue weighted by Gasteiger charge is 2.22. The second-order valence-corrected chi connectivity index (χ2v) is 11.5. The van der Waals surface area contributed by atoms with Crippen molar-refractivity contribution in [3.05, 3.63) is 133 Å². The van der Waals surface area contributed by atoms with Crippen molar-refractivity contribution in [1.82, 2.24) is 19.5 Å². The zero-order valence-electron chi connectivity index (χ0n) is 33.0. The maximum Gasteiger partial charge on any atom is 0.238 e. The predicted octanol–water partition coefficient (Wildman–Crippen LogP) is 10.6. The van der Waals surface area contributed by atoms with E-state index in [1.165, 1.54) is 4.57 Å². The normalized spacial score (nSPS) is 15.1. The summed E-state index contributed by atoms with van der Waals surface area (Å²) >= 11 is 0.945. The summed E-state index contributed by atoms with van der Waals surface area (Å²) in [7, 11) is 0. The van der Waals surface area contributed by atoms with E-state index in [2.05, 4.69) is 0 Å². The highest BCUT2D eigenvalue weighted by Crippen LogP contribution is 2.43. The quantitative estimate of drug-likeness (QED) is 0.201. The van der Waals surface area contributed by atoms with E-state index in [1.54, 1.807) is 0 Å². The fourth-order valence-electron chi connectivity index (χ4n) is 6.08. The van der Waals surface area contributed by atoms with Gasteiger partial charge in [0.2, 0.25) is 5.95 Å². The molecule has 5 nitrogen and oxygen atoms in total. The van der Waals surface area contributed by atoms with Crippen LogP contribution < -0.4 is 0 Å². The molecule has 6 aromatic carbocycles. The maximum absolute atomic E-state index is 9.45. The smallest absolute Gasteiger partial charge is 0.238 e. The van der Waals surface area contributed by atoms with E-state index in [0.29, 0.717) is 22.3 Å². The van der Waals surface area contributed by atoms with Gasteiger partial charge in [-0.25, -0.2) is 4.98 Å². The highest BCUT2D eigenvalue weighted by molar-refractivity contribution is 7.26. The van der Waals surface area contributed by atoms with Gasteiger partial charge in [-0.15, -0.1) is 11.3 Å². The molecule has 210 valence electrons. The number of thiophene rings is 1. The largest absolute Gasteiger partial charge is 0.456 e. The number of rotatable bonds is 3. The summed E-state index contributed by atoms with van der Waals surface area (Å²) < 4.78 is 96.9. The Balaban J connectivity index is 1.44.